The second-order valence-corrected chi connectivity index (χ2v) is 2.17. The lowest BCUT2D eigenvalue weighted by Crippen LogP contribution is -1.83. The van der Waals surface area contributed by atoms with Gasteiger partial charge in [0.2, 0.25) is 0 Å². The highest BCUT2D eigenvalue weighted by atomic mass is 16.5. The van der Waals surface area contributed by atoms with Gasteiger partial charge in [-0.15, -0.1) is 0 Å². The van der Waals surface area contributed by atoms with E-state index in [1.165, 1.54) is 0 Å². The number of carbonyl (C=O) groups is 1. The maximum absolute atomic E-state index is 10.1. The molecular formula is C8H10O3. The van der Waals surface area contributed by atoms with Gasteiger partial charge in [0, 0.05) is 7.11 Å². The topological polar surface area (TPSA) is 39.4 Å². The fourth-order valence-electron chi connectivity index (χ4n) is 0.834. The summed E-state index contributed by atoms with van der Waals surface area (Å²) in [5.74, 6) is 1.44. The van der Waals surface area contributed by atoms with E-state index in [9.17, 15) is 4.79 Å². The second-order valence-electron chi connectivity index (χ2n) is 2.17. The third-order valence-electron chi connectivity index (χ3n) is 1.29. The summed E-state index contributed by atoms with van der Waals surface area (Å²) >= 11 is 0. The fraction of sp³-hybridized carbons (Fsp3) is 0.375. The molecular weight excluding hydrogens is 144 g/mol. The molecule has 0 radical (unpaired) electrons. The average molecular weight is 154 g/mol. The molecule has 0 fully saturated rings. The maximum atomic E-state index is 10.1. The van der Waals surface area contributed by atoms with Crippen LogP contribution >= 0.6 is 0 Å². The molecule has 60 valence electrons. The molecule has 0 atom stereocenters. The van der Waals surface area contributed by atoms with Gasteiger partial charge in [-0.2, -0.15) is 0 Å². The normalized spacial score (nSPS) is 9.91. The van der Waals surface area contributed by atoms with Crippen molar-refractivity contribution in [3.8, 4) is 0 Å². The van der Waals surface area contributed by atoms with Crippen LogP contribution in [0.5, 0.6) is 0 Å². The summed E-state index contributed by atoms with van der Waals surface area (Å²) in [6.45, 7) is 0.457. The van der Waals surface area contributed by atoms with Gasteiger partial charge in [0.05, 0.1) is 6.42 Å². The fourth-order valence-corrected chi connectivity index (χ4v) is 0.834. The molecule has 0 spiro atoms. The number of methoxy groups -OCH3 is 1. The van der Waals surface area contributed by atoms with Gasteiger partial charge in [-0.05, 0) is 12.1 Å². The Labute approximate surface area is 65.0 Å². The second kappa shape index (κ2) is 3.93. The molecule has 0 bridgehead atoms. The molecule has 3 nitrogen and oxygen atoms in total. The molecule has 0 N–H and O–H groups in total. The first-order valence-corrected chi connectivity index (χ1v) is 3.37. The van der Waals surface area contributed by atoms with E-state index in [0.29, 0.717) is 18.8 Å². The van der Waals surface area contributed by atoms with Crippen molar-refractivity contribution in [2.24, 2.45) is 0 Å². The van der Waals surface area contributed by atoms with Crippen molar-refractivity contribution in [3.05, 3.63) is 23.7 Å². The number of hydrogen-bond acceptors (Lipinski definition) is 3. The van der Waals surface area contributed by atoms with Crippen molar-refractivity contribution < 1.29 is 13.9 Å². The highest BCUT2D eigenvalue weighted by Gasteiger charge is 1.99. The van der Waals surface area contributed by atoms with E-state index in [1.54, 1.807) is 13.2 Å². The van der Waals surface area contributed by atoms with Crippen molar-refractivity contribution in [1.82, 2.24) is 0 Å². The predicted octanol–water partition coefficient (Wildman–Crippen LogP) is 1.17. The van der Waals surface area contributed by atoms with Crippen molar-refractivity contribution in [3.63, 3.8) is 0 Å². The smallest absolute Gasteiger partial charge is 0.129 e. The number of aldehydes is 1. The van der Waals surface area contributed by atoms with Crippen LogP contribution in [0.3, 0.4) is 0 Å². The summed E-state index contributed by atoms with van der Waals surface area (Å²) in [4.78, 5) is 10.1. The van der Waals surface area contributed by atoms with Crippen LogP contribution in [0.4, 0.5) is 0 Å². The van der Waals surface area contributed by atoms with E-state index >= 15 is 0 Å². The van der Waals surface area contributed by atoms with E-state index in [-0.39, 0.29) is 0 Å². The first-order valence-electron chi connectivity index (χ1n) is 3.37. The quantitative estimate of drug-likeness (QED) is 0.611. The molecule has 0 saturated heterocycles. The predicted molar refractivity (Wildman–Crippen MR) is 39.2 cm³/mol. The molecule has 0 aliphatic rings. The van der Waals surface area contributed by atoms with Gasteiger partial charge in [-0.1, -0.05) is 0 Å². The van der Waals surface area contributed by atoms with Crippen molar-refractivity contribution in [2.45, 2.75) is 13.0 Å². The number of hydrogen-bond donors (Lipinski definition) is 0. The Morgan fingerprint density at radius 2 is 2.27 bits per heavy atom. The zero-order chi connectivity index (χ0) is 8.10. The lowest BCUT2D eigenvalue weighted by molar-refractivity contribution is -0.107. The van der Waals surface area contributed by atoms with Gasteiger partial charge in [0.15, 0.2) is 0 Å². The molecule has 0 unspecified atom stereocenters. The highest BCUT2D eigenvalue weighted by Crippen LogP contribution is 2.08. The van der Waals surface area contributed by atoms with Crippen LogP contribution in [0.1, 0.15) is 11.5 Å². The highest BCUT2D eigenvalue weighted by molar-refractivity contribution is 5.53. The van der Waals surface area contributed by atoms with Crippen molar-refractivity contribution >= 4 is 6.29 Å². The molecule has 0 aromatic carbocycles. The van der Waals surface area contributed by atoms with Gasteiger partial charge in [-0.25, -0.2) is 0 Å². The van der Waals surface area contributed by atoms with E-state index in [0.717, 1.165) is 12.0 Å². The summed E-state index contributed by atoms with van der Waals surface area (Å²) in [6, 6.07) is 3.59. The van der Waals surface area contributed by atoms with Crippen LogP contribution in [-0.4, -0.2) is 13.4 Å². The molecule has 0 aliphatic heterocycles. The molecule has 0 amide bonds. The van der Waals surface area contributed by atoms with Crippen LogP contribution in [0.2, 0.25) is 0 Å². The van der Waals surface area contributed by atoms with Crippen LogP contribution in [0.15, 0.2) is 16.5 Å². The molecule has 3 heteroatoms. The SMILES string of the molecule is COCc1ccc(CC=O)o1. The van der Waals surface area contributed by atoms with Crippen molar-refractivity contribution in [1.29, 1.82) is 0 Å². The molecule has 0 aliphatic carbocycles. The van der Waals surface area contributed by atoms with Gasteiger partial charge >= 0.3 is 0 Å². The van der Waals surface area contributed by atoms with E-state index in [2.05, 4.69) is 0 Å². The molecule has 11 heavy (non-hydrogen) atoms. The Bertz CT molecular complexity index is 227. The number of furan rings is 1. The Balaban J connectivity index is 2.57. The Morgan fingerprint density at radius 1 is 1.55 bits per heavy atom. The minimum atomic E-state index is 0.337. The Kier molecular flexibility index (Phi) is 2.86. The standard InChI is InChI=1S/C8H10O3/c1-10-6-8-3-2-7(11-8)4-5-9/h2-3,5H,4,6H2,1H3. The molecule has 1 aromatic heterocycles. The largest absolute Gasteiger partial charge is 0.463 e. The number of ether oxygens (including phenoxy) is 1. The summed E-state index contributed by atoms with van der Waals surface area (Å²) in [7, 11) is 1.60. The van der Waals surface area contributed by atoms with E-state index in [1.807, 2.05) is 6.07 Å². The summed E-state index contributed by atoms with van der Waals surface area (Å²) in [6.07, 6.45) is 1.15. The van der Waals surface area contributed by atoms with E-state index in [4.69, 9.17) is 9.15 Å². The third kappa shape index (κ3) is 2.20. The zero-order valence-electron chi connectivity index (χ0n) is 6.37. The maximum Gasteiger partial charge on any atom is 0.129 e. The molecule has 0 saturated carbocycles. The summed E-state index contributed by atoms with van der Waals surface area (Å²) in [5.41, 5.74) is 0. The lowest BCUT2D eigenvalue weighted by Gasteiger charge is -1.91. The average Bonchev–Trinajstić information content (AvgIpc) is 2.38. The monoisotopic (exact) mass is 154 g/mol. The summed E-state index contributed by atoms with van der Waals surface area (Å²) in [5, 5.41) is 0. The molecule has 1 rings (SSSR count). The first kappa shape index (κ1) is 8.01. The van der Waals surface area contributed by atoms with Crippen LogP contribution in [0, 0.1) is 0 Å². The Morgan fingerprint density at radius 3 is 2.91 bits per heavy atom. The minimum Gasteiger partial charge on any atom is -0.463 e. The van der Waals surface area contributed by atoms with Gasteiger partial charge < -0.3 is 13.9 Å². The lowest BCUT2D eigenvalue weighted by atomic mass is 10.3. The molecule has 1 heterocycles. The first-order chi connectivity index (χ1) is 5.36. The van der Waals surface area contributed by atoms with E-state index < -0.39 is 0 Å². The van der Waals surface area contributed by atoms with Gasteiger partial charge in [0.25, 0.3) is 0 Å². The minimum absolute atomic E-state index is 0.337. The van der Waals surface area contributed by atoms with Crippen LogP contribution < -0.4 is 0 Å². The number of carbonyl (C=O) groups excluding carboxylic acids is 1. The zero-order valence-corrected chi connectivity index (χ0v) is 6.37. The third-order valence-corrected chi connectivity index (χ3v) is 1.29. The van der Waals surface area contributed by atoms with Gasteiger partial charge in [0.1, 0.15) is 24.4 Å². The van der Waals surface area contributed by atoms with Crippen LogP contribution in [0.25, 0.3) is 0 Å². The Hall–Kier alpha value is -1.09. The summed E-state index contributed by atoms with van der Waals surface area (Å²) < 4.78 is 10.0. The van der Waals surface area contributed by atoms with Gasteiger partial charge in [-0.3, -0.25) is 0 Å². The number of rotatable bonds is 4. The van der Waals surface area contributed by atoms with Crippen LogP contribution in [-0.2, 0) is 22.6 Å². The molecule has 1 aromatic rings. The van der Waals surface area contributed by atoms with Crippen molar-refractivity contribution in [2.75, 3.05) is 7.11 Å².